The predicted molar refractivity (Wildman–Crippen MR) is 124 cm³/mol. The summed E-state index contributed by atoms with van der Waals surface area (Å²) in [6.45, 7) is 3.70. The maximum Gasteiger partial charge on any atom is 0.289 e. The summed E-state index contributed by atoms with van der Waals surface area (Å²) < 4.78 is 10.7. The number of nitrogens with one attached hydrogen (secondary N) is 1. The van der Waals surface area contributed by atoms with Gasteiger partial charge in [-0.2, -0.15) is 0 Å². The van der Waals surface area contributed by atoms with E-state index in [0.717, 1.165) is 27.9 Å². The second kappa shape index (κ2) is 10.3. The number of ether oxygens (including phenoxy) is 1. The van der Waals surface area contributed by atoms with Crippen molar-refractivity contribution in [1.29, 1.82) is 0 Å². The van der Waals surface area contributed by atoms with Crippen LogP contribution in [-0.4, -0.2) is 35.4 Å². The third-order valence-corrected chi connectivity index (χ3v) is 5.71. The number of rotatable bonds is 7. The molecule has 0 aliphatic carbocycles. The summed E-state index contributed by atoms with van der Waals surface area (Å²) in [4.78, 5) is 31.5. The number of carbonyl (C=O) groups excluding carboxylic acids is 2. The Bertz CT molecular complexity index is 1170. The molecular weight excluding hydrogens is 418 g/mol. The number of pyridine rings is 1. The second-order valence-corrected chi connectivity index (χ2v) is 7.96. The molecular formula is C26H27N3O4. The fourth-order valence-corrected chi connectivity index (χ4v) is 3.97. The molecule has 0 atom stereocenters. The fraction of sp³-hybridized carbons (Fsp3) is 0.269. The Labute approximate surface area is 193 Å². The molecule has 1 aliphatic rings. The minimum Gasteiger partial charge on any atom is -0.453 e. The van der Waals surface area contributed by atoms with E-state index in [2.05, 4.69) is 10.3 Å². The number of nitrogens with zero attached hydrogens (tertiary/aromatic N) is 2. The molecule has 0 bridgehead atoms. The molecule has 0 unspecified atom stereocenters. The number of furan rings is 1. The molecule has 2 amide bonds. The standard InChI is InChI=1S/C26H27N3O4/c1-18-23(15-28-25(30)11-8-19-6-4-3-5-7-19)22-12-13-29(16-20(22)14-27-18)26(31)24-10-9-21(33-24)17-32-2/h3-11,14H,12-13,15-17H2,1-2H3,(H,28,30). The van der Waals surface area contributed by atoms with Crippen LogP contribution in [0.4, 0.5) is 0 Å². The Balaban J connectivity index is 1.42. The zero-order chi connectivity index (χ0) is 23.2. The smallest absolute Gasteiger partial charge is 0.289 e. The summed E-state index contributed by atoms with van der Waals surface area (Å²) in [7, 11) is 1.58. The minimum absolute atomic E-state index is 0.149. The molecule has 3 heterocycles. The van der Waals surface area contributed by atoms with Crippen LogP contribution < -0.4 is 5.32 Å². The van der Waals surface area contributed by atoms with Gasteiger partial charge in [-0.1, -0.05) is 30.3 Å². The van der Waals surface area contributed by atoms with Gasteiger partial charge < -0.3 is 19.4 Å². The first-order valence-corrected chi connectivity index (χ1v) is 10.9. The highest BCUT2D eigenvalue weighted by Gasteiger charge is 2.26. The van der Waals surface area contributed by atoms with E-state index in [9.17, 15) is 9.59 Å². The molecule has 33 heavy (non-hydrogen) atoms. The number of fused-ring (bicyclic) bond motifs is 1. The summed E-state index contributed by atoms with van der Waals surface area (Å²) in [5.41, 5.74) is 5.02. The lowest BCUT2D eigenvalue weighted by atomic mass is 9.94. The van der Waals surface area contributed by atoms with Gasteiger partial charge in [0.1, 0.15) is 12.4 Å². The lowest BCUT2D eigenvalue weighted by molar-refractivity contribution is -0.116. The fourth-order valence-electron chi connectivity index (χ4n) is 3.97. The zero-order valence-corrected chi connectivity index (χ0v) is 18.8. The Morgan fingerprint density at radius 1 is 1.21 bits per heavy atom. The highest BCUT2D eigenvalue weighted by molar-refractivity contribution is 5.92. The number of amides is 2. The predicted octanol–water partition coefficient (Wildman–Crippen LogP) is 3.66. The summed E-state index contributed by atoms with van der Waals surface area (Å²) in [5, 5.41) is 2.96. The van der Waals surface area contributed by atoms with Crippen molar-refractivity contribution in [3.05, 3.63) is 94.2 Å². The van der Waals surface area contributed by atoms with Crippen LogP contribution in [0, 0.1) is 6.92 Å². The Kier molecular flexibility index (Phi) is 7.00. The summed E-state index contributed by atoms with van der Waals surface area (Å²) in [6.07, 6.45) is 5.84. The van der Waals surface area contributed by atoms with Gasteiger partial charge in [0.25, 0.3) is 5.91 Å². The maximum atomic E-state index is 12.9. The normalized spacial score (nSPS) is 13.2. The van der Waals surface area contributed by atoms with E-state index in [1.807, 2.05) is 43.5 Å². The van der Waals surface area contributed by atoms with E-state index in [1.165, 1.54) is 6.08 Å². The lowest BCUT2D eigenvalue weighted by Gasteiger charge is -2.30. The molecule has 7 nitrogen and oxygen atoms in total. The first kappa shape index (κ1) is 22.5. The number of aromatic nitrogens is 1. The van der Waals surface area contributed by atoms with Crippen LogP contribution in [0.2, 0.25) is 0 Å². The largest absolute Gasteiger partial charge is 0.453 e. The molecule has 7 heteroatoms. The van der Waals surface area contributed by atoms with Crippen molar-refractivity contribution >= 4 is 17.9 Å². The Hall–Kier alpha value is -3.71. The topological polar surface area (TPSA) is 84.7 Å². The van der Waals surface area contributed by atoms with E-state index in [-0.39, 0.29) is 11.8 Å². The molecule has 4 rings (SSSR count). The van der Waals surface area contributed by atoms with Crippen LogP contribution in [-0.2, 0) is 35.6 Å². The molecule has 1 aliphatic heterocycles. The SMILES string of the molecule is COCc1ccc(C(=O)N2CCc3c(cnc(C)c3CNC(=O)C=Cc3ccccc3)C2)o1. The highest BCUT2D eigenvalue weighted by atomic mass is 16.5. The van der Waals surface area contributed by atoms with E-state index < -0.39 is 0 Å². The average Bonchev–Trinajstić information content (AvgIpc) is 3.31. The van der Waals surface area contributed by atoms with Gasteiger partial charge in [-0.05, 0) is 53.8 Å². The van der Waals surface area contributed by atoms with Crippen molar-refractivity contribution in [2.24, 2.45) is 0 Å². The van der Waals surface area contributed by atoms with Crippen LogP contribution >= 0.6 is 0 Å². The summed E-state index contributed by atoms with van der Waals surface area (Å²) in [5.74, 6) is 0.621. The van der Waals surface area contributed by atoms with Gasteiger partial charge >= 0.3 is 0 Å². The first-order chi connectivity index (χ1) is 16.0. The number of benzene rings is 1. The van der Waals surface area contributed by atoms with Gasteiger partial charge in [-0.15, -0.1) is 0 Å². The van der Waals surface area contributed by atoms with Gasteiger partial charge in [0, 0.05) is 44.7 Å². The quantitative estimate of drug-likeness (QED) is 0.561. The third-order valence-electron chi connectivity index (χ3n) is 5.71. The van der Waals surface area contributed by atoms with Crippen molar-refractivity contribution in [2.45, 2.75) is 33.0 Å². The van der Waals surface area contributed by atoms with Crippen molar-refractivity contribution in [1.82, 2.24) is 15.2 Å². The number of methoxy groups -OCH3 is 1. The van der Waals surface area contributed by atoms with Crippen molar-refractivity contribution in [3.63, 3.8) is 0 Å². The van der Waals surface area contributed by atoms with Crippen LogP contribution in [0.5, 0.6) is 0 Å². The van der Waals surface area contributed by atoms with Gasteiger partial charge in [0.05, 0.1) is 0 Å². The van der Waals surface area contributed by atoms with Crippen molar-refractivity contribution in [3.8, 4) is 0 Å². The maximum absolute atomic E-state index is 12.9. The number of carbonyl (C=O) groups is 2. The molecule has 0 saturated heterocycles. The van der Waals surface area contributed by atoms with E-state index in [4.69, 9.17) is 9.15 Å². The second-order valence-electron chi connectivity index (χ2n) is 7.96. The van der Waals surface area contributed by atoms with Crippen LogP contribution in [0.3, 0.4) is 0 Å². The van der Waals surface area contributed by atoms with Gasteiger partial charge in [-0.3, -0.25) is 14.6 Å². The van der Waals surface area contributed by atoms with Crippen LogP contribution in [0.15, 0.2) is 59.2 Å². The molecule has 1 N–H and O–H groups in total. The van der Waals surface area contributed by atoms with E-state index >= 15 is 0 Å². The molecule has 0 fully saturated rings. The van der Waals surface area contributed by atoms with Gasteiger partial charge in [0.15, 0.2) is 5.76 Å². The highest BCUT2D eigenvalue weighted by Crippen LogP contribution is 2.25. The van der Waals surface area contributed by atoms with Crippen LogP contribution in [0.1, 0.15) is 44.3 Å². The summed E-state index contributed by atoms with van der Waals surface area (Å²) >= 11 is 0. The molecule has 1 aromatic carbocycles. The monoisotopic (exact) mass is 445 g/mol. The van der Waals surface area contributed by atoms with Gasteiger partial charge in [-0.25, -0.2) is 0 Å². The molecule has 0 saturated carbocycles. The van der Waals surface area contributed by atoms with E-state index in [1.54, 1.807) is 30.2 Å². The third kappa shape index (κ3) is 5.38. The average molecular weight is 446 g/mol. The number of hydrogen-bond acceptors (Lipinski definition) is 5. The minimum atomic E-state index is -0.159. The molecule has 170 valence electrons. The Morgan fingerprint density at radius 2 is 2.03 bits per heavy atom. The molecule has 2 aromatic heterocycles. The molecule has 3 aromatic rings. The number of aryl methyl sites for hydroxylation is 1. The molecule has 0 radical (unpaired) electrons. The number of hydrogen-bond donors (Lipinski definition) is 1. The Morgan fingerprint density at radius 3 is 2.82 bits per heavy atom. The van der Waals surface area contributed by atoms with Crippen LogP contribution in [0.25, 0.3) is 6.08 Å². The lowest BCUT2D eigenvalue weighted by Crippen LogP contribution is -2.37. The van der Waals surface area contributed by atoms with Crippen molar-refractivity contribution in [2.75, 3.05) is 13.7 Å². The van der Waals surface area contributed by atoms with Gasteiger partial charge in [0.2, 0.25) is 5.91 Å². The summed E-state index contributed by atoms with van der Waals surface area (Å²) in [6, 6.07) is 13.1. The zero-order valence-electron chi connectivity index (χ0n) is 18.8. The van der Waals surface area contributed by atoms with Crippen molar-refractivity contribution < 1.29 is 18.7 Å². The first-order valence-electron chi connectivity index (χ1n) is 10.9. The molecule has 0 spiro atoms. The van der Waals surface area contributed by atoms with E-state index in [0.29, 0.717) is 44.2 Å².